The number of piperidine rings is 2. The smallest absolute Gasteiger partial charge is 0.271 e. The Kier molecular flexibility index (Phi) is 6.83. The molecule has 2 aliphatic heterocycles. The molecule has 47 heavy (non-hydrogen) atoms. The van der Waals surface area contributed by atoms with E-state index in [2.05, 4.69) is 43.5 Å². The number of carbonyl (C=O) groups is 1. The third kappa shape index (κ3) is 5.11. The molecule has 7 heterocycles. The summed E-state index contributed by atoms with van der Waals surface area (Å²) in [4.78, 5) is 29.5. The number of hydrogen-bond acceptors (Lipinski definition) is 8. The number of halogens is 1. The second kappa shape index (κ2) is 10.9. The Morgan fingerprint density at radius 1 is 1.04 bits per heavy atom. The first-order valence-electron chi connectivity index (χ1n) is 15.9. The lowest BCUT2D eigenvalue weighted by atomic mass is 9.59. The van der Waals surface area contributed by atoms with Crippen molar-refractivity contribution in [1.29, 1.82) is 5.26 Å². The molecule has 0 aromatic carbocycles. The first kappa shape index (κ1) is 29.5. The molecular weight excluding hydrogens is 612 g/mol. The number of hydrogen-bond donors (Lipinski definition) is 2. The standard InChI is InChI=1S/C36H33ClN8O2/c1-35(2,47)25-6-7-30(40-19-25)23-12-28(33-24(16-38)18-42-44(33)20-23)22-5-8-31(41-17-22)45-26-10-21-11-27(45)15-36(13-21,14-26)43-34(46)32-29(37)4-3-9-39-32/h3-9,12,17-21,26-27,47H,10-11,13-15H2,1-2H3,(H,43,46). The summed E-state index contributed by atoms with van der Waals surface area (Å²) in [5.74, 6) is 1.26. The van der Waals surface area contributed by atoms with Crippen molar-refractivity contribution in [2.75, 3.05) is 4.90 Å². The van der Waals surface area contributed by atoms with Gasteiger partial charge in [0.25, 0.3) is 5.91 Å². The van der Waals surface area contributed by atoms with Crippen LogP contribution in [0.3, 0.4) is 0 Å². The molecule has 5 aromatic rings. The molecule has 5 aromatic heterocycles. The fraction of sp³-hybridized carbons (Fsp3) is 0.333. The van der Waals surface area contributed by atoms with Gasteiger partial charge in [-0.25, -0.2) is 14.5 Å². The van der Waals surface area contributed by atoms with Crippen molar-refractivity contribution in [2.24, 2.45) is 5.92 Å². The van der Waals surface area contributed by atoms with E-state index in [0.29, 0.717) is 22.0 Å². The van der Waals surface area contributed by atoms with E-state index in [0.717, 1.165) is 65.9 Å². The zero-order valence-corrected chi connectivity index (χ0v) is 26.8. The molecule has 236 valence electrons. The van der Waals surface area contributed by atoms with Crippen molar-refractivity contribution in [3.63, 3.8) is 0 Å². The monoisotopic (exact) mass is 644 g/mol. The van der Waals surface area contributed by atoms with Crippen molar-refractivity contribution in [2.45, 2.75) is 69.2 Å². The Morgan fingerprint density at radius 2 is 1.85 bits per heavy atom. The number of rotatable bonds is 6. The van der Waals surface area contributed by atoms with Crippen LogP contribution in [0.15, 0.2) is 73.4 Å². The predicted octanol–water partition coefficient (Wildman–Crippen LogP) is 5.93. The topological polar surface area (TPSA) is 132 Å². The Morgan fingerprint density at radius 3 is 2.51 bits per heavy atom. The SMILES string of the molecule is CC(C)(O)c1ccc(-c2cc(-c3ccc(N4C5CC6CC4CC(NC(=O)c4ncccc4Cl)(C6)C5)nc3)c3c(C#N)cnn3c2)nc1. The summed E-state index contributed by atoms with van der Waals surface area (Å²) in [5, 5.41) is 28.4. The highest BCUT2D eigenvalue weighted by Crippen LogP contribution is 2.52. The zero-order chi connectivity index (χ0) is 32.5. The minimum absolute atomic E-state index is 0.208. The van der Waals surface area contributed by atoms with Crippen LogP contribution < -0.4 is 10.2 Å². The van der Waals surface area contributed by atoms with Gasteiger partial charge in [-0.15, -0.1) is 0 Å². The van der Waals surface area contributed by atoms with Gasteiger partial charge in [0.2, 0.25) is 0 Å². The molecule has 11 heteroatoms. The molecular formula is C36H33ClN8O2. The fourth-order valence-corrected chi connectivity index (χ4v) is 8.40. The van der Waals surface area contributed by atoms with E-state index in [4.69, 9.17) is 16.6 Å². The number of carbonyl (C=O) groups excluding carboxylic acids is 1. The Hall–Kier alpha value is -4.85. The number of nitrogens with one attached hydrogen (secondary N) is 1. The van der Waals surface area contributed by atoms with Crippen LogP contribution in [0.2, 0.25) is 5.02 Å². The molecule has 0 spiro atoms. The van der Waals surface area contributed by atoms with Crippen molar-refractivity contribution in [3.05, 3.63) is 95.3 Å². The largest absolute Gasteiger partial charge is 0.386 e. The molecule has 2 N–H and O–H groups in total. The molecule has 2 saturated heterocycles. The van der Waals surface area contributed by atoms with Crippen molar-refractivity contribution in [1.82, 2.24) is 29.9 Å². The number of pyridine rings is 4. The molecule has 9 rings (SSSR count). The maximum atomic E-state index is 13.2. The number of amides is 1. The predicted molar refractivity (Wildman–Crippen MR) is 178 cm³/mol. The molecule has 0 radical (unpaired) electrons. The number of aliphatic hydroxyl groups is 1. The molecule has 2 atom stereocenters. The number of anilines is 1. The van der Waals surface area contributed by atoms with Crippen LogP contribution in [-0.2, 0) is 5.60 Å². The average molecular weight is 645 g/mol. The summed E-state index contributed by atoms with van der Waals surface area (Å²) < 4.78 is 1.72. The second-order valence-electron chi connectivity index (χ2n) is 13.7. The van der Waals surface area contributed by atoms with Crippen LogP contribution in [0.5, 0.6) is 0 Å². The Balaban J connectivity index is 1.09. The van der Waals surface area contributed by atoms with Crippen LogP contribution in [0, 0.1) is 17.2 Å². The number of nitrogens with zero attached hydrogens (tertiary/aromatic N) is 7. The first-order chi connectivity index (χ1) is 22.6. The van der Waals surface area contributed by atoms with Gasteiger partial charge >= 0.3 is 0 Å². The normalized spacial score (nSPS) is 23.2. The second-order valence-corrected chi connectivity index (χ2v) is 14.1. The van der Waals surface area contributed by atoms with Gasteiger partial charge in [0.15, 0.2) is 0 Å². The van der Waals surface area contributed by atoms with Crippen LogP contribution in [-0.4, -0.2) is 53.2 Å². The molecule has 4 fully saturated rings. The molecule has 2 unspecified atom stereocenters. The summed E-state index contributed by atoms with van der Waals surface area (Å²) in [6.45, 7) is 3.46. The van der Waals surface area contributed by atoms with Gasteiger partial charge in [0, 0.05) is 64.7 Å². The Labute approximate surface area is 277 Å². The molecule has 2 aliphatic carbocycles. The molecule has 2 saturated carbocycles. The highest BCUT2D eigenvalue weighted by molar-refractivity contribution is 6.33. The van der Waals surface area contributed by atoms with Crippen LogP contribution >= 0.6 is 11.6 Å². The molecule has 1 amide bonds. The molecule has 10 nitrogen and oxygen atoms in total. The summed E-state index contributed by atoms with van der Waals surface area (Å²) >= 11 is 6.30. The number of nitriles is 1. The summed E-state index contributed by atoms with van der Waals surface area (Å²) in [5.41, 5.74) is 4.17. The van der Waals surface area contributed by atoms with E-state index in [-0.39, 0.29) is 29.2 Å². The maximum Gasteiger partial charge on any atom is 0.271 e. The minimum Gasteiger partial charge on any atom is -0.386 e. The van der Waals surface area contributed by atoms with Crippen LogP contribution in [0.1, 0.15) is 67.6 Å². The Bertz CT molecular complexity index is 2050. The highest BCUT2D eigenvalue weighted by Gasteiger charge is 2.55. The lowest BCUT2D eigenvalue weighted by Gasteiger charge is -2.62. The van der Waals surface area contributed by atoms with E-state index >= 15 is 0 Å². The van der Waals surface area contributed by atoms with E-state index in [1.807, 2.05) is 30.6 Å². The van der Waals surface area contributed by atoms with E-state index in [9.17, 15) is 15.2 Å². The van der Waals surface area contributed by atoms with Gasteiger partial charge in [0.05, 0.1) is 33.6 Å². The molecule has 4 bridgehead atoms. The van der Waals surface area contributed by atoms with Crippen molar-refractivity contribution in [3.8, 4) is 28.5 Å². The minimum atomic E-state index is -0.993. The summed E-state index contributed by atoms with van der Waals surface area (Å²) in [6, 6.07) is 16.1. The quantitative estimate of drug-likeness (QED) is 0.233. The summed E-state index contributed by atoms with van der Waals surface area (Å²) in [7, 11) is 0. The van der Waals surface area contributed by atoms with Gasteiger partial charge in [-0.3, -0.25) is 9.78 Å². The van der Waals surface area contributed by atoms with Crippen molar-refractivity contribution < 1.29 is 9.90 Å². The van der Waals surface area contributed by atoms with Gasteiger partial charge < -0.3 is 15.3 Å². The van der Waals surface area contributed by atoms with Gasteiger partial charge in [-0.1, -0.05) is 17.7 Å². The van der Waals surface area contributed by atoms with E-state index in [1.165, 1.54) is 0 Å². The third-order valence-corrected chi connectivity index (χ3v) is 10.4. The third-order valence-electron chi connectivity index (χ3n) is 10.1. The lowest BCUT2D eigenvalue weighted by molar-refractivity contribution is 0.0357. The van der Waals surface area contributed by atoms with Gasteiger partial charge in [-0.05, 0) is 88.3 Å². The first-order valence-corrected chi connectivity index (χ1v) is 16.3. The van der Waals surface area contributed by atoms with Gasteiger partial charge in [-0.2, -0.15) is 10.4 Å². The van der Waals surface area contributed by atoms with E-state index in [1.54, 1.807) is 49.1 Å². The van der Waals surface area contributed by atoms with Gasteiger partial charge in [0.1, 0.15) is 17.6 Å². The number of fused-ring (bicyclic) bond motifs is 1. The fourth-order valence-electron chi connectivity index (χ4n) is 8.19. The van der Waals surface area contributed by atoms with E-state index < -0.39 is 5.60 Å². The zero-order valence-electron chi connectivity index (χ0n) is 26.1. The van der Waals surface area contributed by atoms with Crippen LogP contribution in [0.4, 0.5) is 5.82 Å². The van der Waals surface area contributed by atoms with Crippen LogP contribution in [0.25, 0.3) is 27.9 Å². The molecule has 4 aliphatic rings. The maximum absolute atomic E-state index is 13.2. The lowest BCUT2D eigenvalue weighted by Crippen LogP contribution is -2.69. The summed E-state index contributed by atoms with van der Waals surface area (Å²) in [6.07, 6.45) is 13.4. The average Bonchev–Trinajstić information content (AvgIpc) is 3.47. The number of aromatic nitrogens is 5. The van der Waals surface area contributed by atoms with Crippen molar-refractivity contribution >= 4 is 28.8 Å². The highest BCUT2D eigenvalue weighted by atomic mass is 35.5.